The molecule has 0 spiro atoms. The highest BCUT2D eigenvalue weighted by Crippen LogP contribution is 2.31. The average Bonchev–Trinajstić information content (AvgIpc) is 2.49. The fourth-order valence-corrected chi connectivity index (χ4v) is 1.51. The highest BCUT2D eigenvalue weighted by molar-refractivity contribution is 5.73. The third-order valence-electron chi connectivity index (χ3n) is 2.10. The first-order valence-electron chi connectivity index (χ1n) is 3.80. The van der Waals surface area contributed by atoms with E-state index in [1.54, 1.807) is 12.1 Å². The van der Waals surface area contributed by atoms with Crippen molar-refractivity contribution < 1.29 is 9.18 Å². The zero-order valence-electron chi connectivity index (χ0n) is 6.38. The molecule has 0 fully saturated rings. The van der Waals surface area contributed by atoms with Gasteiger partial charge in [-0.3, -0.25) is 0 Å². The number of hydrogen-bond acceptors (Lipinski definition) is 2. The molecule has 0 bridgehead atoms. The molecule has 0 saturated heterocycles. The summed E-state index contributed by atoms with van der Waals surface area (Å²) in [6, 6.07) is 4.79. The fraction of sp³-hybridized carbons (Fsp3) is 0.222. The van der Waals surface area contributed by atoms with Crippen LogP contribution in [-0.4, -0.2) is 12.8 Å². The minimum Gasteiger partial charge on any atom is -0.384 e. The standard InChI is InChI=1S/C9H8FNO/c10-7-2-1-3-8-9(7)6(5-12)4-11-8/h1-3,5-6,11H,4H2. The van der Waals surface area contributed by atoms with Gasteiger partial charge in [0.25, 0.3) is 0 Å². The summed E-state index contributed by atoms with van der Waals surface area (Å²) in [5.74, 6) is -0.615. The summed E-state index contributed by atoms with van der Waals surface area (Å²) in [6.07, 6.45) is 0.780. The Kier molecular flexibility index (Phi) is 1.57. The van der Waals surface area contributed by atoms with Crippen molar-refractivity contribution in [3.05, 3.63) is 29.6 Å². The van der Waals surface area contributed by atoms with Crippen molar-refractivity contribution in [1.29, 1.82) is 0 Å². The van der Waals surface area contributed by atoms with Crippen LogP contribution in [0.5, 0.6) is 0 Å². The van der Waals surface area contributed by atoms with E-state index in [9.17, 15) is 9.18 Å². The van der Waals surface area contributed by atoms with Gasteiger partial charge in [-0.2, -0.15) is 0 Å². The van der Waals surface area contributed by atoms with Crippen molar-refractivity contribution in [2.45, 2.75) is 5.92 Å². The lowest BCUT2D eigenvalue weighted by atomic mass is 10.0. The molecule has 1 N–H and O–H groups in total. The molecule has 12 heavy (non-hydrogen) atoms. The van der Waals surface area contributed by atoms with E-state index in [0.29, 0.717) is 12.1 Å². The predicted molar refractivity (Wildman–Crippen MR) is 43.7 cm³/mol. The molecule has 0 amide bonds. The summed E-state index contributed by atoms with van der Waals surface area (Å²) in [7, 11) is 0. The molecule has 3 heteroatoms. The molecule has 1 aromatic rings. The summed E-state index contributed by atoms with van der Waals surface area (Å²) < 4.78 is 13.1. The first kappa shape index (κ1) is 7.28. The quantitative estimate of drug-likeness (QED) is 0.639. The monoisotopic (exact) mass is 165 g/mol. The maximum absolute atomic E-state index is 13.1. The first-order valence-corrected chi connectivity index (χ1v) is 3.80. The summed E-state index contributed by atoms with van der Waals surface area (Å²) in [6.45, 7) is 0.514. The highest BCUT2D eigenvalue weighted by atomic mass is 19.1. The predicted octanol–water partition coefficient (Wildman–Crippen LogP) is 1.53. The lowest BCUT2D eigenvalue weighted by molar-refractivity contribution is -0.108. The summed E-state index contributed by atoms with van der Waals surface area (Å²) >= 11 is 0. The third-order valence-corrected chi connectivity index (χ3v) is 2.10. The van der Waals surface area contributed by atoms with E-state index >= 15 is 0 Å². The van der Waals surface area contributed by atoms with Gasteiger partial charge in [-0.25, -0.2) is 4.39 Å². The Labute approximate surface area is 69.4 Å². The summed E-state index contributed by atoms with van der Waals surface area (Å²) in [5.41, 5.74) is 1.25. The number of fused-ring (bicyclic) bond motifs is 1. The Morgan fingerprint density at radius 3 is 3.17 bits per heavy atom. The molecule has 62 valence electrons. The second-order valence-corrected chi connectivity index (χ2v) is 2.82. The Bertz CT molecular complexity index is 324. The SMILES string of the molecule is O=CC1CNc2cccc(F)c21. The molecule has 0 aliphatic carbocycles. The molecule has 0 aromatic heterocycles. The van der Waals surface area contributed by atoms with Crippen LogP contribution in [-0.2, 0) is 4.79 Å². The third kappa shape index (κ3) is 0.897. The van der Waals surface area contributed by atoms with Crippen molar-refractivity contribution in [3.8, 4) is 0 Å². The van der Waals surface area contributed by atoms with Gasteiger partial charge in [-0.1, -0.05) is 6.07 Å². The number of carbonyl (C=O) groups excluding carboxylic acids is 1. The Morgan fingerprint density at radius 2 is 2.42 bits per heavy atom. The largest absolute Gasteiger partial charge is 0.384 e. The molecule has 1 aliphatic rings. The number of aldehydes is 1. The van der Waals surface area contributed by atoms with Crippen LogP contribution in [0.15, 0.2) is 18.2 Å². The molecule has 1 unspecified atom stereocenters. The van der Waals surface area contributed by atoms with Crippen molar-refractivity contribution in [2.75, 3.05) is 11.9 Å². The number of hydrogen-bond donors (Lipinski definition) is 1. The second kappa shape index (κ2) is 2.59. The van der Waals surface area contributed by atoms with Gasteiger partial charge in [0.05, 0.1) is 5.92 Å². The minimum atomic E-state index is -0.318. The van der Waals surface area contributed by atoms with Gasteiger partial charge in [0, 0.05) is 17.8 Å². The first-order chi connectivity index (χ1) is 5.83. The smallest absolute Gasteiger partial charge is 0.129 e. The highest BCUT2D eigenvalue weighted by Gasteiger charge is 2.24. The van der Waals surface area contributed by atoms with Gasteiger partial charge in [-0.15, -0.1) is 0 Å². The molecule has 2 nitrogen and oxygen atoms in total. The molecular formula is C9H8FNO. The van der Waals surface area contributed by atoms with Gasteiger partial charge < -0.3 is 10.1 Å². The van der Waals surface area contributed by atoms with Crippen molar-refractivity contribution in [3.63, 3.8) is 0 Å². The van der Waals surface area contributed by atoms with E-state index in [1.807, 2.05) is 0 Å². The van der Waals surface area contributed by atoms with Gasteiger partial charge in [0.15, 0.2) is 0 Å². The number of benzene rings is 1. The molecule has 2 rings (SSSR count). The van der Waals surface area contributed by atoms with Gasteiger partial charge >= 0.3 is 0 Å². The molecular weight excluding hydrogens is 157 g/mol. The number of rotatable bonds is 1. The Morgan fingerprint density at radius 1 is 1.58 bits per heavy atom. The summed E-state index contributed by atoms with van der Waals surface area (Å²) in [4.78, 5) is 10.5. The van der Waals surface area contributed by atoms with Crippen LogP contribution in [0.4, 0.5) is 10.1 Å². The van der Waals surface area contributed by atoms with E-state index < -0.39 is 0 Å². The summed E-state index contributed by atoms with van der Waals surface area (Å²) in [5, 5.41) is 2.97. The maximum Gasteiger partial charge on any atom is 0.129 e. The molecule has 1 aliphatic heterocycles. The Hall–Kier alpha value is -1.38. The Balaban J connectivity index is 2.55. The average molecular weight is 165 g/mol. The van der Waals surface area contributed by atoms with E-state index in [4.69, 9.17) is 0 Å². The van der Waals surface area contributed by atoms with E-state index in [0.717, 1.165) is 12.0 Å². The van der Waals surface area contributed by atoms with Crippen LogP contribution >= 0.6 is 0 Å². The van der Waals surface area contributed by atoms with Crippen LogP contribution in [0.1, 0.15) is 11.5 Å². The lowest BCUT2D eigenvalue weighted by Gasteiger charge is -2.01. The van der Waals surface area contributed by atoms with Gasteiger partial charge in [-0.05, 0) is 12.1 Å². The van der Waals surface area contributed by atoms with Gasteiger partial charge in [0.1, 0.15) is 12.1 Å². The second-order valence-electron chi connectivity index (χ2n) is 2.82. The number of anilines is 1. The zero-order chi connectivity index (χ0) is 8.55. The fourth-order valence-electron chi connectivity index (χ4n) is 1.51. The number of halogens is 1. The topological polar surface area (TPSA) is 29.1 Å². The normalized spacial score (nSPS) is 19.9. The van der Waals surface area contributed by atoms with Crippen molar-refractivity contribution in [2.24, 2.45) is 0 Å². The van der Waals surface area contributed by atoms with Crippen LogP contribution in [0.2, 0.25) is 0 Å². The van der Waals surface area contributed by atoms with Crippen molar-refractivity contribution in [1.82, 2.24) is 0 Å². The van der Waals surface area contributed by atoms with Crippen LogP contribution < -0.4 is 5.32 Å². The van der Waals surface area contributed by atoms with E-state index in [-0.39, 0.29) is 11.7 Å². The van der Waals surface area contributed by atoms with E-state index in [2.05, 4.69) is 5.32 Å². The van der Waals surface area contributed by atoms with Crippen LogP contribution in [0.3, 0.4) is 0 Å². The molecule has 0 radical (unpaired) electrons. The van der Waals surface area contributed by atoms with Crippen LogP contribution in [0.25, 0.3) is 0 Å². The minimum absolute atomic E-state index is 0.297. The van der Waals surface area contributed by atoms with Crippen LogP contribution in [0, 0.1) is 5.82 Å². The molecule has 1 heterocycles. The molecule has 0 saturated carbocycles. The number of carbonyl (C=O) groups is 1. The number of nitrogens with one attached hydrogen (secondary N) is 1. The molecule has 1 aromatic carbocycles. The van der Waals surface area contributed by atoms with Gasteiger partial charge in [0.2, 0.25) is 0 Å². The molecule has 1 atom stereocenters. The van der Waals surface area contributed by atoms with Crippen molar-refractivity contribution >= 4 is 12.0 Å². The zero-order valence-corrected chi connectivity index (χ0v) is 6.38. The van der Waals surface area contributed by atoms with E-state index in [1.165, 1.54) is 6.07 Å². The lowest BCUT2D eigenvalue weighted by Crippen LogP contribution is -2.03. The maximum atomic E-state index is 13.1.